The van der Waals surface area contributed by atoms with Crippen molar-refractivity contribution in [2.75, 3.05) is 0 Å². The van der Waals surface area contributed by atoms with Gasteiger partial charge in [-0.05, 0) is 66.0 Å². The zero-order valence-electron chi connectivity index (χ0n) is 29.5. The van der Waals surface area contributed by atoms with Crippen molar-refractivity contribution in [1.82, 2.24) is 13.7 Å². The van der Waals surface area contributed by atoms with Crippen LogP contribution in [0.1, 0.15) is 5.56 Å². The van der Waals surface area contributed by atoms with E-state index in [9.17, 15) is 5.26 Å². The van der Waals surface area contributed by atoms with Crippen molar-refractivity contribution in [3.63, 3.8) is 0 Å². The topological polar surface area (TPSA) is 42.9 Å². The molecule has 5 heteroatoms. The van der Waals surface area contributed by atoms with Crippen LogP contribution < -0.4 is 0 Å². The Morgan fingerprint density at radius 3 is 1.55 bits per heavy atom. The second-order valence-electron chi connectivity index (χ2n) is 13.9. The SMILES string of the molecule is [C-]#[N+]c1ccc2c(c1)c1ccccc1n2-c1ccccc1-c1ccc(C#N)cc1-n1c2ccccc2c2cccc(-n3c4ccccc4c4ccccc43)c21. The van der Waals surface area contributed by atoms with Crippen molar-refractivity contribution < 1.29 is 0 Å². The van der Waals surface area contributed by atoms with Gasteiger partial charge in [-0.3, -0.25) is 0 Å². The van der Waals surface area contributed by atoms with Gasteiger partial charge < -0.3 is 13.7 Å². The maximum Gasteiger partial charge on any atom is 0.188 e. The first-order chi connectivity index (χ1) is 27.2. The van der Waals surface area contributed by atoms with Crippen LogP contribution in [0.2, 0.25) is 0 Å². The van der Waals surface area contributed by atoms with Gasteiger partial charge >= 0.3 is 0 Å². The maximum atomic E-state index is 10.4. The van der Waals surface area contributed by atoms with Crippen molar-refractivity contribution in [2.24, 2.45) is 0 Å². The predicted molar refractivity (Wildman–Crippen MR) is 226 cm³/mol. The summed E-state index contributed by atoms with van der Waals surface area (Å²) in [5, 5.41) is 17.2. The van der Waals surface area contributed by atoms with Crippen LogP contribution in [-0.2, 0) is 0 Å². The Labute approximate surface area is 316 Å². The van der Waals surface area contributed by atoms with E-state index < -0.39 is 0 Å². The van der Waals surface area contributed by atoms with Crippen molar-refractivity contribution in [1.29, 1.82) is 5.26 Å². The second-order valence-corrected chi connectivity index (χ2v) is 13.9. The third kappa shape index (κ3) is 4.39. The van der Waals surface area contributed by atoms with Crippen molar-refractivity contribution >= 4 is 71.1 Å². The summed E-state index contributed by atoms with van der Waals surface area (Å²) in [6.45, 7) is 7.72. The predicted octanol–water partition coefficient (Wildman–Crippen LogP) is 13.1. The highest BCUT2D eigenvalue weighted by Crippen LogP contribution is 2.44. The molecule has 0 saturated carbocycles. The number of hydrogen-bond donors (Lipinski definition) is 0. The van der Waals surface area contributed by atoms with E-state index in [0.717, 1.165) is 82.8 Å². The summed E-state index contributed by atoms with van der Waals surface area (Å²) in [6, 6.07) is 63.7. The lowest BCUT2D eigenvalue weighted by Gasteiger charge is -2.20. The summed E-state index contributed by atoms with van der Waals surface area (Å²) in [6.07, 6.45) is 0. The molecule has 11 aromatic rings. The van der Waals surface area contributed by atoms with Gasteiger partial charge in [0.1, 0.15) is 0 Å². The van der Waals surface area contributed by atoms with Gasteiger partial charge in [-0.2, -0.15) is 5.26 Å². The average Bonchev–Trinajstić information content (AvgIpc) is 3.89. The molecule has 3 aromatic heterocycles. The maximum absolute atomic E-state index is 10.4. The molecule has 0 atom stereocenters. The fourth-order valence-corrected chi connectivity index (χ4v) is 8.81. The van der Waals surface area contributed by atoms with Gasteiger partial charge in [-0.25, -0.2) is 4.85 Å². The lowest BCUT2D eigenvalue weighted by Crippen LogP contribution is -2.04. The molecule has 0 bridgehead atoms. The molecule has 55 heavy (non-hydrogen) atoms. The number of nitriles is 1. The lowest BCUT2D eigenvalue weighted by atomic mass is 9.99. The highest BCUT2D eigenvalue weighted by atomic mass is 15.1. The minimum absolute atomic E-state index is 0.583. The molecular weight excluding hydrogens is 671 g/mol. The normalized spacial score (nSPS) is 11.6. The summed E-state index contributed by atoms with van der Waals surface area (Å²) >= 11 is 0. The van der Waals surface area contributed by atoms with E-state index in [-0.39, 0.29) is 0 Å². The van der Waals surface area contributed by atoms with Crippen molar-refractivity contribution in [3.8, 4) is 34.3 Å². The largest absolute Gasteiger partial charge is 0.309 e. The summed E-state index contributed by atoms with van der Waals surface area (Å²) in [5.41, 5.74) is 12.7. The Bertz CT molecular complexity index is 3420. The third-order valence-corrected chi connectivity index (χ3v) is 11.1. The highest BCUT2D eigenvalue weighted by Gasteiger charge is 2.23. The molecule has 8 aromatic carbocycles. The van der Waals surface area contributed by atoms with Crippen LogP contribution in [0.4, 0.5) is 5.69 Å². The van der Waals surface area contributed by atoms with E-state index in [1.807, 2.05) is 24.3 Å². The van der Waals surface area contributed by atoms with E-state index in [0.29, 0.717) is 11.3 Å². The van der Waals surface area contributed by atoms with E-state index >= 15 is 0 Å². The van der Waals surface area contributed by atoms with Crippen LogP contribution in [0.25, 0.3) is 98.5 Å². The van der Waals surface area contributed by atoms with Gasteiger partial charge in [-0.1, -0.05) is 115 Å². The van der Waals surface area contributed by atoms with E-state index in [2.05, 4.69) is 176 Å². The van der Waals surface area contributed by atoms with Gasteiger partial charge in [0, 0.05) is 38.1 Å². The number of fused-ring (bicyclic) bond motifs is 9. The molecule has 0 N–H and O–H groups in total. The average molecular weight is 700 g/mol. The smallest absolute Gasteiger partial charge is 0.188 e. The highest BCUT2D eigenvalue weighted by molar-refractivity contribution is 6.16. The van der Waals surface area contributed by atoms with Crippen LogP contribution in [0.15, 0.2) is 176 Å². The third-order valence-electron chi connectivity index (χ3n) is 11.1. The van der Waals surface area contributed by atoms with Crippen LogP contribution >= 0.6 is 0 Å². The molecule has 0 saturated heterocycles. The second kappa shape index (κ2) is 11.8. The molecule has 254 valence electrons. The van der Waals surface area contributed by atoms with Crippen LogP contribution in [0.5, 0.6) is 0 Å². The van der Waals surface area contributed by atoms with Crippen LogP contribution in [0.3, 0.4) is 0 Å². The number of benzene rings is 8. The molecule has 0 radical (unpaired) electrons. The fraction of sp³-hybridized carbons (Fsp3) is 0. The van der Waals surface area contributed by atoms with Gasteiger partial charge in [0.05, 0.1) is 68.4 Å². The number of rotatable bonds is 4. The molecule has 0 fully saturated rings. The van der Waals surface area contributed by atoms with Crippen LogP contribution in [-0.4, -0.2) is 13.7 Å². The first kappa shape index (κ1) is 30.7. The van der Waals surface area contributed by atoms with Gasteiger partial charge in [0.2, 0.25) is 0 Å². The molecule has 0 spiro atoms. The fourth-order valence-electron chi connectivity index (χ4n) is 8.81. The van der Waals surface area contributed by atoms with Crippen LogP contribution in [0, 0.1) is 17.9 Å². The molecule has 0 aliphatic carbocycles. The number of para-hydroxylation sites is 6. The monoisotopic (exact) mass is 699 g/mol. The Kier molecular flexibility index (Phi) is 6.61. The quantitative estimate of drug-likeness (QED) is 0.169. The van der Waals surface area contributed by atoms with E-state index in [1.54, 1.807) is 0 Å². The molecule has 0 aliphatic heterocycles. The summed E-state index contributed by atoms with van der Waals surface area (Å²) in [4.78, 5) is 3.75. The van der Waals surface area contributed by atoms with E-state index in [4.69, 9.17) is 6.57 Å². The standard InChI is InChI=1S/C50H29N5/c1-52-33-26-28-47-41(30-33)38-17-6-10-22-45(38)53(47)42-19-7-4-15-36(42)39-27-25-32(31-51)29-49(39)55-46-23-11-5-16-37(46)40-18-12-24-48(50(40)55)54-43-20-8-2-13-34(43)35-14-3-9-21-44(35)54/h2-30H. The van der Waals surface area contributed by atoms with Gasteiger partial charge in [-0.15, -0.1) is 0 Å². The first-order valence-corrected chi connectivity index (χ1v) is 18.3. The molecular formula is C50H29N5. The van der Waals surface area contributed by atoms with Crippen molar-refractivity contribution in [3.05, 3.63) is 193 Å². The zero-order valence-corrected chi connectivity index (χ0v) is 29.5. The number of nitrogens with zero attached hydrogens (tertiary/aromatic N) is 5. The molecule has 3 heterocycles. The van der Waals surface area contributed by atoms with Gasteiger partial charge in [0.25, 0.3) is 0 Å². The lowest BCUT2D eigenvalue weighted by molar-refractivity contribution is 1.13. The number of aromatic nitrogens is 3. The Morgan fingerprint density at radius 2 is 0.891 bits per heavy atom. The van der Waals surface area contributed by atoms with Crippen molar-refractivity contribution in [2.45, 2.75) is 0 Å². The molecule has 11 rings (SSSR count). The summed E-state index contributed by atoms with van der Waals surface area (Å²) in [5.74, 6) is 0. The molecule has 5 nitrogen and oxygen atoms in total. The summed E-state index contributed by atoms with van der Waals surface area (Å²) in [7, 11) is 0. The van der Waals surface area contributed by atoms with E-state index in [1.165, 1.54) is 10.8 Å². The Balaban J connectivity index is 1.27. The Hall–Kier alpha value is -7.86. The number of hydrogen-bond acceptors (Lipinski definition) is 1. The molecule has 0 amide bonds. The first-order valence-electron chi connectivity index (χ1n) is 18.3. The molecule has 0 aliphatic rings. The minimum Gasteiger partial charge on any atom is -0.309 e. The minimum atomic E-state index is 0.583. The van der Waals surface area contributed by atoms with Gasteiger partial charge in [0.15, 0.2) is 5.69 Å². The zero-order chi connectivity index (χ0) is 36.6. The summed E-state index contributed by atoms with van der Waals surface area (Å²) < 4.78 is 7.06. The molecule has 0 unspecified atom stereocenters. The Morgan fingerprint density at radius 1 is 0.400 bits per heavy atom.